The van der Waals surface area contributed by atoms with Crippen LogP contribution in [0.1, 0.15) is 42.8 Å². The summed E-state index contributed by atoms with van der Waals surface area (Å²) in [6.07, 6.45) is 7.13. The molecule has 3 rings (SSSR count). The normalized spacial score (nSPS) is 31.0. The lowest BCUT2D eigenvalue weighted by molar-refractivity contribution is 0.132. The van der Waals surface area contributed by atoms with Gasteiger partial charge >= 0.3 is 0 Å². The van der Waals surface area contributed by atoms with Crippen LogP contribution < -0.4 is 0 Å². The Bertz CT molecular complexity index is 331. The van der Waals surface area contributed by atoms with Crippen molar-refractivity contribution in [1.29, 1.82) is 0 Å². The highest BCUT2D eigenvalue weighted by Gasteiger charge is 2.36. The Balaban J connectivity index is 1.73. The largest absolute Gasteiger partial charge is 0.291 e. The molecule has 3 heterocycles. The maximum atomic E-state index is 4.58. The van der Waals surface area contributed by atoms with Gasteiger partial charge in [-0.15, -0.1) is 11.3 Å². The lowest BCUT2D eigenvalue weighted by atomic mass is 10.0. The fourth-order valence-electron chi connectivity index (χ4n) is 3.11. The van der Waals surface area contributed by atoms with Gasteiger partial charge in [-0.1, -0.05) is 6.42 Å². The molecule has 2 fully saturated rings. The van der Waals surface area contributed by atoms with Crippen LogP contribution in [0.4, 0.5) is 0 Å². The first-order valence-corrected chi connectivity index (χ1v) is 6.87. The highest BCUT2D eigenvalue weighted by molar-refractivity contribution is 7.09. The molecule has 0 aromatic carbocycles. The van der Waals surface area contributed by atoms with Gasteiger partial charge in [0, 0.05) is 23.2 Å². The van der Waals surface area contributed by atoms with Crippen molar-refractivity contribution < 1.29 is 0 Å². The van der Waals surface area contributed by atoms with Crippen LogP contribution in [0.2, 0.25) is 0 Å². The van der Waals surface area contributed by atoms with E-state index in [0.717, 1.165) is 18.6 Å². The minimum atomic E-state index is 0.868. The molecule has 0 radical (unpaired) electrons. The summed E-state index contributed by atoms with van der Waals surface area (Å²) in [5, 5.41) is 3.48. The van der Waals surface area contributed by atoms with Gasteiger partial charge < -0.3 is 0 Å². The quantitative estimate of drug-likeness (QED) is 0.765. The monoisotopic (exact) mass is 222 g/mol. The molecule has 2 saturated heterocycles. The van der Waals surface area contributed by atoms with Crippen LogP contribution >= 0.6 is 11.3 Å². The molecule has 0 aliphatic carbocycles. The fraction of sp³-hybridized carbons (Fsp3) is 0.750. The number of aryl methyl sites for hydroxylation is 1. The van der Waals surface area contributed by atoms with Gasteiger partial charge in [-0.2, -0.15) is 0 Å². The molecule has 2 unspecified atom stereocenters. The number of nitrogens with zero attached hydrogens (tertiary/aromatic N) is 2. The van der Waals surface area contributed by atoms with Crippen LogP contribution in [-0.4, -0.2) is 22.0 Å². The Kier molecular flexibility index (Phi) is 2.53. The lowest BCUT2D eigenvalue weighted by Crippen LogP contribution is -2.38. The van der Waals surface area contributed by atoms with Crippen molar-refractivity contribution in [3.8, 4) is 0 Å². The van der Waals surface area contributed by atoms with Crippen molar-refractivity contribution in [2.45, 2.75) is 57.7 Å². The van der Waals surface area contributed by atoms with E-state index in [9.17, 15) is 0 Å². The SMILES string of the molecule is Cc1csc(CN2C3CCCC2CC3)n1. The van der Waals surface area contributed by atoms with Crippen molar-refractivity contribution in [3.05, 3.63) is 16.1 Å². The van der Waals surface area contributed by atoms with Crippen molar-refractivity contribution in [2.24, 2.45) is 0 Å². The summed E-state index contributed by atoms with van der Waals surface area (Å²) in [6.45, 7) is 3.19. The number of hydrogen-bond donors (Lipinski definition) is 0. The third-order valence-corrected chi connectivity index (χ3v) is 4.78. The lowest BCUT2D eigenvalue weighted by Gasteiger charge is -2.33. The molecule has 82 valence electrons. The second-order valence-corrected chi connectivity index (χ2v) is 5.81. The topological polar surface area (TPSA) is 16.1 Å². The van der Waals surface area contributed by atoms with Crippen LogP contribution in [0.15, 0.2) is 5.38 Å². The maximum absolute atomic E-state index is 4.58. The van der Waals surface area contributed by atoms with E-state index in [1.165, 1.54) is 42.8 Å². The third-order valence-electron chi connectivity index (χ3n) is 3.83. The first-order chi connectivity index (χ1) is 7.33. The molecule has 2 nitrogen and oxygen atoms in total. The first kappa shape index (κ1) is 9.79. The summed E-state index contributed by atoms with van der Waals surface area (Å²) in [7, 11) is 0. The predicted octanol–water partition coefficient (Wildman–Crippen LogP) is 2.97. The van der Waals surface area contributed by atoms with Gasteiger partial charge in [0.2, 0.25) is 0 Å². The van der Waals surface area contributed by atoms with Crippen LogP contribution in [0.25, 0.3) is 0 Å². The Hall–Kier alpha value is -0.410. The zero-order valence-electron chi connectivity index (χ0n) is 9.28. The van der Waals surface area contributed by atoms with E-state index in [4.69, 9.17) is 0 Å². The Morgan fingerprint density at radius 2 is 2.07 bits per heavy atom. The first-order valence-electron chi connectivity index (χ1n) is 5.99. The van der Waals surface area contributed by atoms with E-state index >= 15 is 0 Å². The van der Waals surface area contributed by atoms with Gasteiger partial charge in [-0.25, -0.2) is 4.98 Å². The fourth-order valence-corrected chi connectivity index (χ4v) is 3.89. The van der Waals surface area contributed by atoms with E-state index < -0.39 is 0 Å². The van der Waals surface area contributed by atoms with Crippen molar-refractivity contribution >= 4 is 11.3 Å². The second kappa shape index (κ2) is 3.87. The molecule has 0 amide bonds. The third kappa shape index (κ3) is 1.83. The number of thiazole rings is 1. The smallest absolute Gasteiger partial charge is 0.107 e. The van der Waals surface area contributed by atoms with Crippen LogP contribution in [0.5, 0.6) is 0 Å². The van der Waals surface area contributed by atoms with Crippen LogP contribution in [0, 0.1) is 6.92 Å². The summed E-state index contributed by atoms with van der Waals surface area (Å²) < 4.78 is 0. The Labute approximate surface area is 95.3 Å². The predicted molar refractivity (Wildman–Crippen MR) is 63.1 cm³/mol. The van der Waals surface area contributed by atoms with Crippen molar-refractivity contribution in [1.82, 2.24) is 9.88 Å². The minimum absolute atomic E-state index is 0.868. The maximum Gasteiger partial charge on any atom is 0.107 e. The molecule has 3 heteroatoms. The molecule has 1 aromatic heterocycles. The average molecular weight is 222 g/mol. The number of rotatable bonds is 2. The summed E-state index contributed by atoms with van der Waals surface area (Å²) in [5.41, 5.74) is 1.18. The standard InChI is InChI=1S/C12H18N2S/c1-9-8-15-12(13-9)7-14-10-3-2-4-11(14)6-5-10/h8,10-11H,2-7H2,1H3. The van der Waals surface area contributed by atoms with Gasteiger partial charge in [0.1, 0.15) is 5.01 Å². The van der Waals surface area contributed by atoms with Gasteiger partial charge in [0.15, 0.2) is 0 Å². The van der Waals surface area contributed by atoms with E-state index in [1.54, 1.807) is 0 Å². The van der Waals surface area contributed by atoms with Crippen molar-refractivity contribution in [3.63, 3.8) is 0 Å². The van der Waals surface area contributed by atoms with E-state index in [2.05, 4.69) is 22.2 Å². The molecule has 2 aliphatic heterocycles. The molecule has 15 heavy (non-hydrogen) atoms. The molecule has 0 spiro atoms. The molecule has 2 aliphatic rings. The molecular formula is C12H18N2S. The van der Waals surface area contributed by atoms with E-state index in [1.807, 2.05) is 11.3 Å². The Morgan fingerprint density at radius 1 is 1.33 bits per heavy atom. The van der Waals surface area contributed by atoms with Crippen LogP contribution in [-0.2, 0) is 6.54 Å². The molecule has 1 aromatic rings. The zero-order valence-corrected chi connectivity index (χ0v) is 10.1. The molecule has 0 saturated carbocycles. The number of hydrogen-bond acceptors (Lipinski definition) is 3. The van der Waals surface area contributed by atoms with E-state index in [-0.39, 0.29) is 0 Å². The highest BCUT2D eigenvalue weighted by Crippen LogP contribution is 2.36. The van der Waals surface area contributed by atoms with E-state index in [0.29, 0.717) is 0 Å². The average Bonchev–Trinajstić information content (AvgIpc) is 2.71. The summed E-state index contributed by atoms with van der Waals surface area (Å²) in [6, 6.07) is 1.74. The molecule has 0 N–H and O–H groups in total. The van der Waals surface area contributed by atoms with Gasteiger partial charge in [0.25, 0.3) is 0 Å². The zero-order chi connectivity index (χ0) is 10.3. The summed E-state index contributed by atoms with van der Waals surface area (Å²) in [5.74, 6) is 0. The summed E-state index contributed by atoms with van der Waals surface area (Å²) >= 11 is 1.82. The van der Waals surface area contributed by atoms with Gasteiger partial charge in [-0.05, 0) is 32.6 Å². The Morgan fingerprint density at radius 3 is 2.67 bits per heavy atom. The minimum Gasteiger partial charge on any atom is -0.291 e. The van der Waals surface area contributed by atoms with Gasteiger partial charge in [0.05, 0.1) is 6.54 Å². The van der Waals surface area contributed by atoms with Gasteiger partial charge in [-0.3, -0.25) is 4.90 Å². The highest BCUT2D eigenvalue weighted by atomic mass is 32.1. The summed E-state index contributed by atoms with van der Waals surface area (Å²) in [4.78, 5) is 7.29. The number of aromatic nitrogens is 1. The van der Waals surface area contributed by atoms with Crippen molar-refractivity contribution in [2.75, 3.05) is 0 Å². The molecular weight excluding hydrogens is 204 g/mol. The molecule has 2 atom stereocenters. The number of piperidine rings is 1. The molecule has 2 bridgehead atoms. The number of fused-ring (bicyclic) bond motifs is 2. The second-order valence-electron chi connectivity index (χ2n) is 4.87. The van der Waals surface area contributed by atoms with Crippen LogP contribution in [0.3, 0.4) is 0 Å².